The zero-order valence-electron chi connectivity index (χ0n) is 15.1. The van der Waals surface area contributed by atoms with Crippen LogP contribution in [-0.2, 0) is 15.6 Å². The topological polar surface area (TPSA) is 85.4 Å². The van der Waals surface area contributed by atoms with Crippen LogP contribution in [-0.4, -0.2) is 32.7 Å². The number of nitrogens with one attached hydrogen (secondary N) is 1. The Morgan fingerprint density at radius 2 is 1.93 bits per heavy atom. The number of sulfone groups is 1. The van der Waals surface area contributed by atoms with Crippen molar-refractivity contribution >= 4 is 43.8 Å². The summed E-state index contributed by atoms with van der Waals surface area (Å²) in [4.78, 5) is 16.8. The van der Waals surface area contributed by atoms with E-state index in [-0.39, 0.29) is 11.7 Å². The first kappa shape index (κ1) is 20.3. The van der Waals surface area contributed by atoms with E-state index < -0.39 is 9.84 Å². The molecule has 3 aromatic rings. The fourth-order valence-corrected chi connectivity index (χ4v) is 4.28. The van der Waals surface area contributed by atoms with Crippen LogP contribution in [0.25, 0.3) is 11.3 Å². The Balaban J connectivity index is 1.71. The highest BCUT2D eigenvalue weighted by atomic mass is 35.5. The van der Waals surface area contributed by atoms with Gasteiger partial charge in [0.25, 0.3) is 5.91 Å². The van der Waals surface area contributed by atoms with Gasteiger partial charge in [-0.15, -0.1) is 11.3 Å². The number of nitrogens with zero attached hydrogens (tertiary/aromatic N) is 1. The van der Waals surface area contributed by atoms with Crippen molar-refractivity contribution in [2.24, 2.45) is 0 Å². The van der Waals surface area contributed by atoms with Crippen molar-refractivity contribution in [2.45, 2.75) is 5.75 Å². The molecule has 28 heavy (non-hydrogen) atoms. The van der Waals surface area contributed by atoms with E-state index in [4.69, 9.17) is 16.3 Å². The molecule has 0 saturated heterocycles. The first-order valence-electron chi connectivity index (χ1n) is 8.12. The van der Waals surface area contributed by atoms with Gasteiger partial charge in [-0.25, -0.2) is 13.4 Å². The highest BCUT2D eigenvalue weighted by molar-refractivity contribution is 7.89. The van der Waals surface area contributed by atoms with Crippen molar-refractivity contribution in [3.8, 4) is 17.0 Å². The maximum absolute atomic E-state index is 12.4. The van der Waals surface area contributed by atoms with Gasteiger partial charge in [0.2, 0.25) is 0 Å². The molecule has 0 fully saturated rings. The summed E-state index contributed by atoms with van der Waals surface area (Å²) in [5.41, 5.74) is 2.55. The van der Waals surface area contributed by atoms with Gasteiger partial charge in [-0.1, -0.05) is 23.7 Å². The molecular weight excluding hydrogens is 420 g/mol. The Morgan fingerprint density at radius 1 is 1.21 bits per heavy atom. The zero-order valence-corrected chi connectivity index (χ0v) is 17.5. The summed E-state index contributed by atoms with van der Waals surface area (Å²) in [5, 5.41) is 5.50. The molecule has 1 N–H and O–H groups in total. The SMILES string of the molecule is COc1ccc(-c2csc(NC(=O)c3ccc(CS(C)(=O)=O)cc3)n2)cc1Cl. The van der Waals surface area contributed by atoms with Gasteiger partial charge in [-0.2, -0.15) is 0 Å². The summed E-state index contributed by atoms with van der Waals surface area (Å²) >= 11 is 7.44. The predicted octanol–water partition coefficient (Wildman–Crippen LogP) is 4.27. The first-order valence-corrected chi connectivity index (χ1v) is 11.4. The number of hydrogen-bond acceptors (Lipinski definition) is 6. The number of aromatic nitrogens is 1. The number of amides is 1. The Hall–Kier alpha value is -2.42. The summed E-state index contributed by atoms with van der Waals surface area (Å²) in [7, 11) is -1.57. The highest BCUT2D eigenvalue weighted by Gasteiger charge is 2.12. The lowest BCUT2D eigenvalue weighted by Crippen LogP contribution is -2.11. The van der Waals surface area contributed by atoms with E-state index in [1.807, 2.05) is 11.4 Å². The number of hydrogen-bond donors (Lipinski definition) is 1. The number of anilines is 1. The second kappa shape index (κ2) is 8.30. The van der Waals surface area contributed by atoms with E-state index in [0.717, 1.165) is 5.56 Å². The Bertz CT molecular complexity index is 1110. The molecule has 146 valence electrons. The van der Waals surface area contributed by atoms with Gasteiger partial charge in [0, 0.05) is 22.8 Å². The molecule has 0 unspecified atom stereocenters. The molecule has 1 aromatic heterocycles. The van der Waals surface area contributed by atoms with E-state index >= 15 is 0 Å². The average Bonchev–Trinajstić information content (AvgIpc) is 3.09. The van der Waals surface area contributed by atoms with E-state index in [9.17, 15) is 13.2 Å². The highest BCUT2D eigenvalue weighted by Crippen LogP contribution is 2.31. The van der Waals surface area contributed by atoms with Crippen LogP contribution in [0.1, 0.15) is 15.9 Å². The minimum atomic E-state index is -3.12. The van der Waals surface area contributed by atoms with Crippen LogP contribution < -0.4 is 10.1 Å². The van der Waals surface area contributed by atoms with Crippen LogP contribution in [0, 0.1) is 0 Å². The van der Waals surface area contributed by atoms with E-state index in [1.54, 1.807) is 43.5 Å². The smallest absolute Gasteiger partial charge is 0.257 e. The fraction of sp³-hybridized carbons (Fsp3) is 0.158. The minimum Gasteiger partial charge on any atom is -0.495 e. The first-order chi connectivity index (χ1) is 13.2. The number of ether oxygens (including phenoxy) is 1. The van der Waals surface area contributed by atoms with Crippen LogP contribution in [0.15, 0.2) is 47.8 Å². The van der Waals surface area contributed by atoms with Gasteiger partial charge in [-0.3, -0.25) is 10.1 Å². The van der Waals surface area contributed by atoms with Crippen molar-refractivity contribution in [1.82, 2.24) is 4.98 Å². The normalized spacial score (nSPS) is 11.2. The lowest BCUT2D eigenvalue weighted by Gasteiger charge is -2.05. The van der Waals surface area contributed by atoms with Crippen molar-refractivity contribution in [3.63, 3.8) is 0 Å². The van der Waals surface area contributed by atoms with Gasteiger partial charge >= 0.3 is 0 Å². The molecule has 1 amide bonds. The van der Waals surface area contributed by atoms with Gasteiger partial charge in [0.1, 0.15) is 5.75 Å². The Kier molecular flexibility index (Phi) is 6.02. The molecule has 0 spiro atoms. The summed E-state index contributed by atoms with van der Waals surface area (Å²) in [5.74, 6) is 0.197. The van der Waals surface area contributed by atoms with E-state index in [0.29, 0.717) is 32.7 Å². The molecule has 0 aliphatic rings. The summed E-state index contributed by atoms with van der Waals surface area (Å²) in [6, 6.07) is 11.8. The number of rotatable bonds is 6. The molecule has 6 nitrogen and oxygen atoms in total. The van der Waals surface area contributed by atoms with Gasteiger partial charge < -0.3 is 4.74 Å². The van der Waals surface area contributed by atoms with Gasteiger partial charge in [-0.05, 0) is 35.9 Å². The lowest BCUT2D eigenvalue weighted by atomic mass is 10.1. The summed E-state index contributed by atoms with van der Waals surface area (Å²) in [6.07, 6.45) is 1.17. The largest absolute Gasteiger partial charge is 0.495 e. The number of halogens is 1. The van der Waals surface area contributed by atoms with Crippen LogP contribution in [0.4, 0.5) is 5.13 Å². The molecule has 0 atom stereocenters. The van der Waals surface area contributed by atoms with Crippen LogP contribution >= 0.6 is 22.9 Å². The van der Waals surface area contributed by atoms with Crippen LogP contribution in [0.2, 0.25) is 5.02 Å². The zero-order chi connectivity index (χ0) is 20.3. The number of thiazole rings is 1. The number of carbonyl (C=O) groups excluding carboxylic acids is 1. The molecule has 0 bridgehead atoms. The molecule has 0 saturated carbocycles. The third-order valence-corrected chi connectivity index (χ3v) is 5.73. The fourth-order valence-electron chi connectivity index (χ4n) is 2.51. The minimum absolute atomic E-state index is 0.0604. The van der Waals surface area contributed by atoms with Crippen LogP contribution in [0.3, 0.4) is 0 Å². The third-order valence-electron chi connectivity index (χ3n) is 3.82. The number of benzene rings is 2. The molecule has 1 heterocycles. The molecule has 0 radical (unpaired) electrons. The Morgan fingerprint density at radius 3 is 2.54 bits per heavy atom. The summed E-state index contributed by atoms with van der Waals surface area (Å²) < 4.78 is 27.8. The van der Waals surface area contributed by atoms with E-state index in [2.05, 4.69) is 10.3 Å². The molecule has 9 heteroatoms. The van der Waals surface area contributed by atoms with Crippen molar-refractivity contribution < 1.29 is 17.9 Å². The maximum atomic E-state index is 12.4. The number of methoxy groups -OCH3 is 1. The third kappa shape index (κ3) is 5.09. The maximum Gasteiger partial charge on any atom is 0.257 e. The predicted molar refractivity (Wildman–Crippen MR) is 112 cm³/mol. The standard InChI is InChI=1S/C19H17ClN2O4S2/c1-26-17-8-7-14(9-15(17)20)16-10-27-19(21-16)22-18(23)13-5-3-12(4-6-13)11-28(2,24)25/h3-10H,11H2,1-2H3,(H,21,22,23). The molecule has 3 rings (SSSR count). The average molecular weight is 437 g/mol. The monoisotopic (exact) mass is 436 g/mol. The molecule has 0 aliphatic heterocycles. The number of carbonyl (C=O) groups is 1. The van der Waals surface area contributed by atoms with Crippen LogP contribution in [0.5, 0.6) is 5.75 Å². The van der Waals surface area contributed by atoms with Crippen molar-refractivity contribution in [3.05, 3.63) is 64.0 Å². The molecule has 2 aromatic carbocycles. The second-order valence-electron chi connectivity index (χ2n) is 6.11. The quantitative estimate of drug-likeness (QED) is 0.623. The lowest BCUT2D eigenvalue weighted by molar-refractivity contribution is 0.102. The summed E-state index contributed by atoms with van der Waals surface area (Å²) in [6.45, 7) is 0. The Labute approximate surface area is 172 Å². The molecule has 0 aliphatic carbocycles. The van der Waals surface area contributed by atoms with E-state index in [1.165, 1.54) is 17.6 Å². The van der Waals surface area contributed by atoms with Crippen molar-refractivity contribution in [2.75, 3.05) is 18.7 Å². The second-order valence-corrected chi connectivity index (χ2v) is 9.51. The van der Waals surface area contributed by atoms with Gasteiger partial charge in [0.15, 0.2) is 15.0 Å². The van der Waals surface area contributed by atoms with Gasteiger partial charge in [0.05, 0.1) is 23.6 Å². The van der Waals surface area contributed by atoms with Crippen molar-refractivity contribution in [1.29, 1.82) is 0 Å². The molecular formula is C19H17ClN2O4S2.